The summed E-state index contributed by atoms with van der Waals surface area (Å²) in [5.41, 5.74) is 6.21. The minimum absolute atomic E-state index is 0.0263. The molecule has 0 N–H and O–H groups in total. The maximum Gasteiger partial charge on any atom is 0.254 e. The van der Waals surface area contributed by atoms with Gasteiger partial charge in [-0.15, -0.1) is 0 Å². The van der Waals surface area contributed by atoms with E-state index >= 15 is 0 Å². The van der Waals surface area contributed by atoms with Crippen LogP contribution in [0.1, 0.15) is 27.5 Å². The highest BCUT2D eigenvalue weighted by atomic mass is 35.5. The number of carbonyl (C=O) groups excluding carboxylic acids is 1. The number of aromatic nitrogens is 3. The summed E-state index contributed by atoms with van der Waals surface area (Å²) < 4.78 is 7.45. The maximum absolute atomic E-state index is 13.1. The standard InChI is InChI=1S/C22H19ClN4O2/c1-13-24-18-7-6-15(11-20(18)29-13)22(28)27-9-8-17-19(12-27)25-26(2)21(17)14-4-3-5-16(23)10-14/h3-7,10-11H,8-9,12H2,1-2H3. The van der Waals surface area contributed by atoms with Crippen LogP contribution in [0.3, 0.4) is 0 Å². The summed E-state index contributed by atoms with van der Waals surface area (Å²) in [5.74, 6) is 0.566. The monoisotopic (exact) mass is 406 g/mol. The third-order valence-corrected chi connectivity index (χ3v) is 5.56. The molecule has 6 nitrogen and oxygen atoms in total. The zero-order valence-electron chi connectivity index (χ0n) is 16.1. The molecule has 4 aromatic rings. The Bertz CT molecular complexity index is 1260. The quantitative estimate of drug-likeness (QED) is 0.495. The number of hydrogen-bond donors (Lipinski definition) is 0. The van der Waals surface area contributed by atoms with Gasteiger partial charge >= 0.3 is 0 Å². The SMILES string of the molecule is Cc1nc2ccc(C(=O)N3CCc4c(nn(C)c4-c4cccc(Cl)c4)C3)cc2o1. The van der Waals surface area contributed by atoms with E-state index in [1.807, 2.05) is 47.0 Å². The molecule has 1 aliphatic rings. The fourth-order valence-corrected chi connectivity index (χ4v) is 4.24. The molecule has 1 aliphatic heterocycles. The number of hydrogen-bond acceptors (Lipinski definition) is 4. The molecule has 0 unspecified atom stereocenters. The van der Waals surface area contributed by atoms with E-state index in [1.165, 1.54) is 5.56 Å². The predicted molar refractivity (Wildman–Crippen MR) is 111 cm³/mol. The van der Waals surface area contributed by atoms with Gasteiger partial charge in [0.1, 0.15) is 5.52 Å². The molecular weight excluding hydrogens is 388 g/mol. The third kappa shape index (κ3) is 3.09. The highest BCUT2D eigenvalue weighted by molar-refractivity contribution is 6.30. The summed E-state index contributed by atoms with van der Waals surface area (Å²) in [4.78, 5) is 19.2. The van der Waals surface area contributed by atoms with Gasteiger partial charge in [-0.2, -0.15) is 5.10 Å². The second kappa shape index (κ2) is 6.74. The summed E-state index contributed by atoms with van der Waals surface area (Å²) in [6, 6.07) is 13.2. The lowest BCUT2D eigenvalue weighted by Gasteiger charge is -2.26. The van der Waals surface area contributed by atoms with Gasteiger partial charge in [0.25, 0.3) is 5.91 Å². The summed E-state index contributed by atoms with van der Waals surface area (Å²) in [6.07, 6.45) is 0.750. The van der Waals surface area contributed by atoms with Crippen LogP contribution >= 0.6 is 11.6 Å². The Morgan fingerprint density at radius 3 is 2.90 bits per heavy atom. The number of nitrogens with zero attached hydrogens (tertiary/aromatic N) is 4. The number of aryl methyl sites for hydroxylation is 2. The van der Waals surface area contributed by atoms with Gasteiger partial charge in [-0.05, 0) is 36.8 Å². The van der Waals surface area contributed by atoms with Crippen molar-refractivity contribution in [2.45, 2.75) is 19.9 Å². The van der Waals surface area contributed by atoms with Gasteiger partial charge in [0, 0.05) is 42.2 Å². The first kappa shape index (κ1) is 17.9. The summed E-state index contributed by atoms with van der Waals surface area (Å²) in [5, 5.41) is 5.39. The molecule has 0 radical (unpaired) electrons. The van der Waals surface area contributed by atoms with E-state index in [9.17, 15) is 4.79 Å². The van der Waals surface area contributed by atoms with E-state index in [0.717, 1.165) is 28.9 Å². The molecule has 5 rings (SSSR count). The first-order chi connectivity index (χ1) is 14.0. The molecule has 7 heteroatoms. The zero-order valence-corrected chi connectivity index (χ0v) is 16.9. The first-order valence-electron chi connectivity index (χ1n) is 9.47. The second-order valence-corrected chi connectivity index (χ2v) is 7.74. The number of halogens is 1. The van der Waals surface area contributed by atoms with Crippen LogP contribution in [0.4, 0.5) is 0 Å². The van der Waals surface area contributed by atoms with E-state index in [0.29, 0.717) is 35.1 Å². The molecule has 146 valence electrons. The van der Waals surface area contributed by atoms with Crippen LogP contribution in [0, 0.1) is 6.92 Å². The topological polar surface area (TPSA) is 64.2 Å². The molecule has 0 bridgehead atoms. The van der Waals surface area contributed by atoms with Gasteiger partial charge in [-0.3, -0.25) is 9.48 Å². The minimum atomic E-state index is -0.0263. The maximum atomic E-state index is 13.1. The van der Waals surface area contributed by atoms with E-state index in [1.54, 1.807) is 19.1 Å². The van der Waals surface area contributed by atoms with Gasteiger partial charge in [0.05, 0.1) is 17.9 Å². The van der Waals surface area contributed by atoms with E-state index in [2.05, 4.69) is 10.1 Å². The van der Waals surface area contributed by atoms with Gasteiger partial charge in [0.2, 0.25) is 0 Å². The normalized spacial score (nSPS) is 13.7. The Morgan fingerprint density at radius 2 is 2.07 bits per heavy atom. The van der Waals surface area contributed by atoms with Gasteiger partial charge < -0.3 is 9.32 Å². The van der Waals surface area contributed by atoms with Crippen LogP contribution in [0.15, 0.2) is 46.9 Å². The van der Waals surface area contributed by atoms with Crippen molar-refractivity contribution in [3.8, 4) is 11.3 Å². The lowest BCUT2D eigenvalue weighted by molar-refractivity contribution is 0.0732. The van der Waals surface area contributed by atoms with Crippen LogP contribution < -0.4 is 0 Å². The molecule has 0 fully saturated rings. The Morgan fingerprint density at radius 1 is 1.21 bits per heavy atom. The first-order valence-corrected chi connectivity index (χ1v) is 9.84. The summed E-state index contributed by atoms with van der Waals surface area (Å²) in [6.45, 7) is 2.92. The van der Waals surface area contributed by atoms with Crippen LogP contribution in [-0.4, -0.2) is 32.1 Å². The molecule has 0 saturated heterocycles. The van der Waals surface area contributed by atoms with Crippen LogP contribution in [0.2, 0.25) is 5.02 Å². The molecule has 3 heterocycles. The van der Waals surface area contributed by atoms with Crippen molar-refractivity contribution in [1.82, 2.24) is 19.7 Å². The molecule has 0 spiro atoms. The number of carbonyl (C=O) groups is 1. The number of rotatable bonds is 2. The van der Waals surface area contributed by atoms with Crippen LogP contribution in [-0.2, 0) is 20.0 Å². The fourth-order valence-electron chi connectivity index (χ4n) is 4.05. The molecule has 29 heavy (non-hydrogen) atoms. The molecule has 1 amide bonds. The lowest BCUT2D eigenvalue weighted by atomic mass is 9.99. The second-order valence-electron chi connectivity index (χ2n) is 7.30. The van der Waals surface area contributed by atoms with Crippen molar-refractivity contribution in [1.29, 1.82) is 0 Å². The number of fused-ring (bicyclic) bond motifs is 2. The number of benzene rings is 2. The van der Waals surface area contributed by atoms with E-state index in [4.69, 9.17) is 16.0 Å². The van der Waals surface area contributed by atoms with Crippen molar-refractivity contribution in [3.05, 3.63) is 70.2 Å². The molecule has 0 atom stereocenters. The number of oxazole rings is 1. The molecule has 2 aromatic heterocycles. The van der Waals surface area contributed by atoms with Crippen LogP contribution in [0.5, 0.6) is 0 Å². The average Bonchev–Trinajstić information content (AvgIpc) is 3.23. The van der Waals surface area contributed by atoms with Crippen LogP contribution in [0.25, 0.3) is 22.4 Å². The minimum Gasteiger partial charge on any atom is -0.441 e. The molecule has 0 saturated carbocycles. The van der Waals surface area contributed by atoms with Crippen molar-refractivity contribution in [3.63, 3.8) is 0 Å². The highest BCUT2D eigenvalue weighted by Gasteiger charge is 2.28. The van der Waals surface area contributed by atoms with Crippen molar-refractivity contribution in [2.75, 3.05) is 6.54 Å². The lowest BCUT2D eigenvalue weighted by Crippen LogP contribution is -2.35. The summed E-state index contributed by atoms with van der Waals surface area (Å²) >= 11 is 6.18. The van der Waals surface area contributed by atoms with E-state index in [-0.39, 0.29) is 5.91 Å². The number of amides is 1. The molecule has 0 aliphatic carbocycles. The van der Waals surface area contributed by atoms with Crippen molar-refractivity contribution < 1.29 is 9.21 Å². The van der Waals surface area contributed by atoms with Gasteiger partial charge in [0.15, 0.2) is 11.5 Å². The van der Waals surface area contributed by atoms with Gasteiger partial charge in [-0.1, -0.05) is 23.7 Å². The third-order valence-electron chi connectivity index (χ3n) is 5.33. The Kier molecular flexibility index (Phi) is 4.17. The van der Waals surface area contributed by atoms with Gasteiger partial charge in [-0.25, -0.2) is 4.98 Å². The Labute approximate surface area is 172 Å². The van der Waals surface area contributed by atoms with E-state index < -0.39 is 0 Å². The molecule has 2 aromatic carbocycles. The van der Waals surface area contributed by atoms with Crippen molar-refractivity contribution in [2.24, 2.45) is 7.05 Å². The summed E-state index contributed by atoms with van der Waals surface area (Å²) in [7, 11) is 1.93. The fraction of sp³-hybridized carbons (Fsp3) is 0.227. The smallest absolute Gasteiger partial charge is 0.254 e. The Hall–Kier alpha value is -3.12. The van der Waals surface area contributed by atoms with Crippen molar-refractivity contribution >= 4 is 28.6 Å². The molecular formula is C22H19ClN4O2. The Balaban J connectivity index is 1.45. The average molecular weight is 407 g/mol. The predicted octanol–water partition coefficient (Wildman–Crippen LogP) is 4.39. The highest BCUT2D eigenvalue weighted by Crippen LogP contribution is 2.31. The largest absolute Gasteiger partial charge is 0.441 e. The zero-order chi connectivity index (χ0) is 20.1.